The molecule has 8 nitrogen and oxygen atoms in total. The van der Waals surface area contributed by atoms with Crippen LogP contribution in [-0.4, -0.2) is 26.3 Å². The second-order valence-corrected chi connectivity index (χ2v) is 10.9. The number of hydrogen-bond donors (Lipinski definition) is 0. The summed E-state index contributed by atoms with van der Waals surface area (Å²) in [5, 5.41) is 1.51. The molecule has 6 rings (SSSR count). The van der Waals surface area contributed by atoms with E-state index in [9.17, 15) is 18.0 Å². The average Bonchev–Trinajstić information content (AvgIpc) is 3.46. The zero-order chi connectivity index (χ0) is 27.1. The topological polar surface area (TPSA) is 93.2 Å². The first-order valence-corrected chi connectivity index (χ1v) is 13.8. The summed E-state index contributed by atoms with van der Waals surface area (Å²) in [6.07, 6.45) is -1.09. The van der Waals surface area contributed by atoms with Crippen LogP contribution in [0.2, 0.25) is 0 Å². The van der Waals surface area contributed by atoms with E-state index in [1.54, 1.807) is 60.7 Å². The van der Waals surface area contributed by atoms with Gasteiger partial charge in [-0.1, -0.05) is 72.3 Å². The Kier molecular flexibility index (Phi) is 6.17. The smallest absolute Gasteiger partial charge is 0.339 e. The molecule has 39 heavy (non-hydrogen) atoms. The molecule has 2 saturated heterocycles. The molecular formula is C30H24N2O6S. The SMILES string of the molecule is Cc1ccc(N2C(=O)[C@@H]3[C@@H](ON(c4ccccc4)[C@H]3c3ccccc3OS(=O)(=O)c3ccccc3)C2=O)cc1. The van der Waals surface area contributed by atoms with Gasteiger partial charge in [-0.3, -0.25) is 14.4 Å². The third kappa shape index (κ3) is 4.35. The molecule has 4 aromatic carbocycles. The van der Waals surface area contributed by atoms with Crippen molar-refractivity contribution in [3.63, 3.8) is 0 Å². The molecule has 0 radical (unpaired) electrons. The van der Waals surface area contributed by atoms with Crippen molar-refractivity contribution in [1.82, 2.24) is 0 Å². The molecule has 4 aromatic rings. The summed E-state index contributed by atoms with van der Waals surface area (Å²) >= 11 is 0. The molecule has 0 spiro atoms. The third-order valence-electron chi connectivity index (χ3n) is 6.89. The maximum Gasteiger partial charge on any atom is 0.339 e. The first-order chi connectivity index (χ1) is 18.8. The highest BCUT2D eigenvalue weighted by atomic mass is 32.2. The number of rotatable bonds is 6. The fraction of sp³-hybridized carbons (Fsp3) is 0.133. The maximum absolute atomic E-state index is 13.9. The van der Waals surface area contributed by atoms with Crippen LogP contribution in [0.25, 0.3) is 0 Å². The molecule has 0 bridgehead atoms. The first-order valence-electron chi connectivity index (χ1n) is 12.4. The van der Waals surface area contributed by atoms with Gasteiger partial charge >= 0.3 is 10.1 Å². The molecule has 196 valence electrons. The van der Waals surface area contributed by atoms with Crippen LogP contribution in [0.1, 0.15) is 17.2 Å². The third-order valence-corrected chi connectivity index (χ3v) is 8.14. The van der Waals surface area contributed by atoms with Crippen LogP contribution < -0.4 is 14.1 Å². The minimum Gasteiger partial charge on any atom is -0.379 e. The Morgan fingerprint density at radius 2 is 1.33 bits per heavy atom. The van der Waals surface area contributed by atoms with Crippen molar-refractivity contribution < 1.29 is 27.0 Å². The van der Waals surface area contributed by atoms with Gasteiger partial charge in [-0.15, -0.1) is 0 Å². The molecule has 2 aliphatic heterocycles. The van der Waals surface area contributed by atoms with Crippen LogP contribution in [0.15, 0.2) is 114 Å². The number of amides is 2. The lowest BCUT2D eigenvalue weighted by Crippen LogP contribution is -2.37. The number of hydrogen-bond acceptors (Lipinski definition) is 7. The van der Waals surface area contributed by atoms with E-state index in [-0.39, 0.29) is 10.6 Å². The Hall–Kier alpha value is -4.47. The van der Waals surface area contributed by atoms with Gasteiger partial charge in [0.25, 0.3) is 5.91 Å². The number of carbonyl (C=O) groups is 2. The normalized spacial score (nSPS) is 20.8. The lowest BCUT2D eigenvalue weighted by atomic mass is 9.90. The molecule has 2 amide bonds. The van der Waals surface area contributed by atoms with Gasteiger partial charge in [0.05, 0.1) is 17.4 Å². The maximum atomic E-state index is 13.9. The highest BCUT2D eigenvalue weighted by Crippen LogP contribution is 2.49. The van der Waals surface area contributed by atoms with Crippen LogP contribution >= 0.6 is 0 Å². The van der Waals surface area contributed by atoms with Crippen molar-refractivity contribution in [1.29, 1.82) is 0 Å². The Balaban J connectivity index is 1.44. The van der Waals surface area contributed by atoms with Crippen molar-refractivity contribution in [3.05, 3.63) is 120 Å². The molecule has 0 saturated carbocycles. The summed E-state index contributed by atoms with van der Waals surface area (Å²) in [5.74, 6) is -1.81. The number of para-hydroxylation sites is 2. The van der Waals surface area contributed by atoms with Crippen LogP contribution in [-0.2, 0) is 24.5 Å². The van der Waals surface area contributed by atoms with E-state index in [2.05, 4.69) is 0 Å². The molecule has 0 aromatic heterocycles. The molecule has 2 fully saturated rings. The lowest BCUT2D eigenvalue weighted by Gasteiger charge is -2.29. The van der Waals surface area contributed by atoms with Crippen LogP contribution in [0, 0.1) is 12.8 Å². The highest BCUT2D eigenvalue weighted by Gasteiger charge is 2.60. The number of fused-ring (bicyclic) bond motifs is 1. The minimum absolute atomic E-state index is 0.00191. The average molecular weight is 541 g/mol. The van der Waals surface area contributed by atoms with Gasteiger partial charge in [0, 0.05) is 5.56 Å². The Bertz CT molecular complexity index is 1640. The van der Waals surface area contributed by atoms with Crippen molar-refractivity contribution in [2.75, 3.05) is 9.96 Å². The fourth-order valence-corrected chi connectivity index (χ4v) is 6.01. The van der Waals surface area contributed by atoms with Gasteiger partial charge in [0.2, 0.25) is 5.91 Å². The number of carbonyl (C=O) groups excluding carboxylic acids is 2. The summed E-state index contributed by atoms with van der Waals surface area (Å²) < 4.78 is 31.9. The zero-order valence-corrected chi connectivity index (χ0v) is 21.7. The van der Waals surface area contributed by atoms with E-state index in [0.29, 0.717) is 16.9 Å². The Morgan fingerprint density at radius 3 is 2.03 bits per heavy atom. The summed E-state index contributed by atoms with van der Waals surface area (Å²) in [6, 6.07) is 29.7. The summed E-state index contributed by atoms with van der Waals surface area (Å²) in [5.41, 5.74) is 2.46. The molecule has 0 N–H and O–H groups in total. The first kappa shape index (κ1) is 24.8. The van der Waals surface area contributed by atoms with Crippen molar-refractivity contribution >= 4 is 33.3 Å². The molecule has 3 atom stereocenters. The largest absolute Gasteiger partial charge is 0.379 e. The highest BCUT2D eigenvalue weighted by molar-refractivity contribution is 7.87. The number of hydroxylamine groups is 1. The Labute approximate surface area is 226 Å². The van der Waals surface area contributed by atoms with E-state index in [0.717, 1.165) is 10.5 Å². The predicted octanol–water partition coefficient (Wildman–Crippen LogP) is 4.81. The second-order valence-electron chi connectivity index (χ2n) is 9.39. The number of anilines is 2. The molecule has 0 unspecified atom stereocenters. The fourth-order valence-electron chi connectivity index (χ4n) is 5.03. The summed E-state index contributed by atoms with van der Waals surface area (Å²) in [7, 11) is -4.17. The van der Waals surface area contributed by atoms with Crippen LogP contribution in [0.4, 0.5) is 11.4 Å². The van der Waals surface area contributed by atoms with Gasteiger partial charge in [-0.05, 0) is 49.4 Å². The second kappa shape index (κ2) is 9.68. The van der Waals surface area contributed by atoms with Gasteiger partial charge in [0.1, 0.15) is 16.6 Å². The molecule has 0 aliphatic carbocycles. The lowest BCUT2D eigenvalue weighted by molar-refractivity contribution is -0.126. The minimum atomic E-state index is -4.17. The number of aryl methyl sites for hydroxylation is 1. The number of nitrogens with zero attached hydrogens (tertiary/aromatic N) is 2. The van der Waals surface area contributed by atoms with E-state index in [1.165, 1.54) is 23.3 Å². The summed E-state index contributed by atoms with van der Waals surface area (Å²) in [4.78, 5) is 34.8. The van der Waals surface area contributed by atoms with Gasteiger partial charge in [-0.25, -0.2) is 9.96 Å². The van der Waals surface area contributed by atoms with Crippen LogP contribution in [0.5, 0.6) is 5.75 Å². The molecule has 2 aliphatic rings. The van der Waals surface area contributed by atoms with E-state index < -0.39 is 40.0 Å². The van der Waals surface area contributed by atoms with Gasteiger partial charge in [-0.2, -0.15) is 8.42 Å². The van der Waals surface area contributed by atoms with Gasteiger partial charge in [0.15, 0.2) is 6.10 Å². The quantitative estimate of drug-likeness (QED) is 0.256. The standard InChI is InChI=1S/C30H24N2O6S/c1-20-16-18-21(19-17-20)31-29(33)26-27(32(37-28(26)30(31)34)22-10-4-2-5-11-22)24-14-8-9-15-25(24)38-39(35,36)23-12-6-3-7-13-23/h2-19,26-28H,1H3/t26-,27-,28+/m0/s1. The predicted molar refractivity (Wildman–Crippen MR) is 144 cm³/mol. The van der Waals surface area contributed by atoms with E-state index in [4.69, 9.17) is 9.02 Å². The monoisotopic (exact) mass is 540 g/mol. The van der Waals surface area contributed by atoms with E-state index in [1.807, 2.05) is 37.3 Å². The zero-order valence-electron chi connectivity index (χ0n) is 20.9. The van der Waals surface area contributed by atoms with Crippen molar-refractivity contribution in [2.45, 2.75) is 24.0 Å². The van der Waals surface area contributed by atoms with Crippen molar-refractivity contribution in [2.24, 2.45) is 5.92 Å². The van der Waals surface area contributed by atoms with Crippen LogP contribution in [0.3, 0.4) is 0 Å². The summed E-state index contributed by atoms with van der Waals surface area (Å²) in [6.45, 7) is 1.92. The Morgan fingerprint density at radius 1 is 0.718 bits per heavy atom. The number of imide groups is 1. The van der Waals surface area contributed by atoms with E-state index >= 15 is 0 Å². The molecule has 2 heterocycles. The van der Waals surface area contributed by atoms with Gasteiger partial charge < -0.3 is 4.18 Å². The molecule has 9 heteroatoms. The van der Waals surface area contributed by atoms with Crippen molar-refractivity contribution in [3.8, 4) is 5.75 Å². The molecular weight excluding hydrogens is 516 g/mol. The number of benzene rings is 4.